The monoisotopic (exact) mass is 468 g/mol. The third-order valence-electron chi connectivity index (χ3n) is 4.51. The fourth-order valence-electron chi connectivity index (χ4n) is 2.93. The van der Waals surface area contributed by atoms with Gasteiger partial charge in [0, 0.05) is 17.2 Å². The Balaban J connectivity index is 1.65. The number of nitrogens with one attached hydrogen (secondary N) is 1. The lowest BCUT2D eigenvalue weighted by atomic mass is 10.1. The molecule has 1 amide bonds. The molecule has 0 unspecified atom stereocenters. The van der Waals surface area contributed by atoms with E-state index in [1.165, 1.54) is 10.7 Å². The molecule has 2 heterocycles. The van der Waals surface area contributed by atoms with Gasteiger partial charge in [-0.2, -0.15) is 9.78 Å². The van der Waals surface area contributed by atoms with Gasteiger partial charge in [-0.25, -0.2) is 18.8 Å². The first kappa shape index (κ1) is 22.5. The molecule has 13 heteroatoms. The van der Waals surface area contributed by atoms with E-state index in [-0.39, 0.29) is 28.6 Å². The number of halogens is 2. The lowest BCUT2D eigenvalue weighted by Gasteiger charge is -2.08. The first-order valence-electron chi connectivity index (χ1n) is 10.0. The van der Waals surface area contributed by atoms with E-state index in [4.69, 9.17) is 10.5 Å². The van der Waals surface area contributed by atoms with Crippen molar-refractivity contribution in [2.24, 2.45) is 5.10 Å². The fourth-order valence-corrected chi connectivity index (χ4v) is 2.93. The van der Waals surface area contributed by atoms with Crippen LogP contribution in [0.2, 0.25) is 0 Å². The van der Waals surface area contributed by atoms with Crippen molar-refractivity contribution in [2.75, 3.05) is 12.3 Å². The number of nitrogens with zero attached hydrogens (tertiary/aromatic N) is 6. The van der Waals surface area contributed by atoms with Crippen molar-refractivity contribution in [1.82, 2.24) is 30.7 Å². The van der Waals surface area contributed by atoms with Crippen molar-refractivity contribution < 1.29 is 22.9 Å². The Morgan fingerprint density at radius 3 is 2.71 bits per heavy atom. The Labute approximate surface area is 191 Å². The first-order chi connectivity index (χ1) is 16.5. The summed E-state index contributed by atoms with van der Waals surface area (Å²) in [6.07, 6.45) is 1.89. The summed E-state index contributed by atoms with van der Waals surface area (Å²) in [7, 11) is 0. The summed E-state index contributed by atoms with van der Waals surface area (Å²) in [6.45, 7) is 2.55. The molecule has 0 atom stereocenters. The molecule has 174 valence electrons. The lowest BCUT2D eigenvalue weighted by Crippen LogP contribution is -2.19. The van der Waals surface area contributed by atoms with Crippen molar-refractivity contribution in [3.63, 3.8) is 0 Å². The zero-order valence-electron chi connectivity index (χ0n) is 17.8. The fraction of sp³-hybridized carbons (Fsp3) is 0.143. The number of nitrogen functional groups attached to an aromatic ring is 1. The smallest absolute Gasteiger partial charge is 0.294 e. The molecular weight excluding hydrogens is 450 g/mol. The van der Waals surface area contributed by atoms with Crippen LogP contribution in [-0.2, 0) is 0 Å². The summed E-state index contributed by atoms with van der Waals surface area (Å²) in [5.74, 6) is -1.70. The number of hydrogen-bond acceptors (Lipinski definition) is 9. The van der Waals surface area contributed by atoms with Gasteiger partial charge in [-0.1, -0.05) is 12.1 Å². The van der Waals surface area contributed by atoms with Gasteiger partial charge in [0.25, 0.3) is 5.91 Å². The molecular formula is C21H18F2N8O3. The van der Waals surface area contributed by atoms with Crippen molar-refractivity contribution in [2.45, 2.75) is 13.3 Å². The topological polar surface area (TPSA) is 146 Å². The van der Waals surface area contributed by atoms with Crippen LogP contribution in [0.3, 0.4) is 0 Å². The summed E-state index contributed by atoms with van der Waals surface area (Å²) in [6, 6.07) is 9.82. The molecule has 0 saturated carbocycles. The van der Waals surface area contributed by atoms with E-state index in [9.17, 15) is 13.6 Å². The van der Waals surface area contributed by atoms with Gasteiger partial charge in [-0.3, -0.25) is 4.79 Å². The van der Waals surface area contributed by atoms with Gasteiger partial charge in [0.1, 0.15) is 23.1 Å². The summed E-state index contributed by atoms with van der Waals surface area (Å²) in [4.78, 5) is 12.8. The highest BCUT2D eigenvalue weighted by atomic mass is 19.1. The number of hydrogen-bond donors (Lipinski definition) is 2. The SMILES string of the molecule is CCCOc1ccc(-c2c(C(=O)N/N=C\c3ccc(F)cc3F)nnn2-c2nonc2N)cc1. The molecule has 0 aliphatic carbocycles. The van der Waals surface area contributed by atoms with Gasteiger partial charge >= 0.3 is 0 Å². The van der Waals surface area contributed by atoms with Gasteiger partial charge in [0.2, 0.25) is 11.6 Å². The van der Waals surface area contributed by atoms with E-state index < -0.39 is 17.5 Å². The summed E-state index contributed by atoms with van der Waals surface area (Å²) in [5, 5.41) is 18.8. The molecule has 34 heavy (non-hydrogen) atoms. The molecule has 0 aliphatic heterocycles. The molecule has 2 aromatic heterocycles. The van der Waals surface area contributed by atoms with E-state index in [1.54, 1.807) is 24.3 Å². The number of anilines is 1. The summed E-state index contributed by atoms with van der Waals surface area (Å²) >= 11 is 0. The average molecular weight is 468 g/mol. The summed E-state index contributed by atoms with van der Waals surface area (Å²) < 4.78 is 38.3. The number of carbonyl (C=O) groups excluding carboxylic acids is 1. The molecule has 11 nitrogen and oxygen atoms in total. The highest BCUT2D eigenvalue weighted by Crippen LogP contribution is 2.28. The van der Waals surface area contributed by atoms with Crippen LogP contribution in [-0.4, -0.2) is 44.0 Å². The van der Waals surface area contributed by atoms with Crippen LogP contribution >= 0.6 is 0 Å². The quantitative estimate of drug-likeness (QED) is 0.296. The lowest BCUT2D eigenvalue weighted by molar-refractivity contribution is 0.0950. The second-order valence-corrected chi connectivity index (χ2v) is 6.91. The number of amides is 1. The second kappa shape index (κ2) is 9.85. The van der Waals surface area contributed by atoms with Gasteiger partial charge in [-0.15, -0.1) is 5.10 Å². The molecule has 0 radical (unpaired) electrons. The first-order valence-corrected chi connectivity index (χ1v) is 10.0. The molecule has 3 N–H and O–H groups in total. The largest absolute Gasteiger partial charge is 0.494 e. The van der Waals surface area contributed by atoms with Crippen molar-refractivity contribution in [3.8, 4) is 22.8 Å². The van der Waals surface area contributed by atoms with Crippen LogP contribution in [0.4, 0.5) is 14.6 Å². The molecule has 4 rings (SSSR count). The van der Waals surface area contributed by atoms with Crippen LogP contribution < -0.4 is 15.9 Å². The number of benzene rings is 2. The third kappa shape index (κ3) is 4.72. The van der Waals surface area contributed by atoms with E-state index in [0.29, 0.717) is 24.0 Å². The number of rotatable bonds is 8. The Morgan fingerprint density at radius 1 is 1.24 bits per heavy atom. The molecule has 0 spiro atoms. The maximum absolute atomic E-state index is 13.8. The maximum Gasteiger partial charge on any atom is 0.294 e. The second-order valence-electron chi connectivity index (χ2n) is 6.91. The Kier molecular flexibility index (Phi) is 6.52. The van der Waals surface area contributed by atoms with Crippen molar-refractivity contribution >= 4 is 17.9 Å². The minimum atomic E-state index is -0.830. The summed E-state index contributed by atoms with van der Waals surface area (Å²) in [5.41, 5.74) is 8.66. The van der Waals surface area contributed by atoms with E-state index in [0.717, 1.165) is 18.7 Å². The van der Waals surface area contributed by atoms with Gasteiger partial charge in [0.05, 0.1) is 12.8 Å². The van der Waals surface area contributed by atoms with E-state index >= 15 is 0 Å². The van der Waals surface area contributed by atoms with Crippen LogP contribution in [0.25, 0.3) is 17.1 Å². The number of aromatic nitrogens is 5. The van der Waals surface area contributed by atoms with Crippen LogP contribution in [0.15, 0.2) is 52.2 Å². The Bertz CT molecular complexity index is 1330. The molecule has 0 aliphatic rings. The minimum absolute atomic E-state index is 0.0188. The van der Waals surface area contributed by atoms with Gasteiger partial charge in [-0.05, 0) is 53.1 Å². The van der Waals surface area contributed by atoms with Crippen LogP contribution in [0, 0.1) is 11.6 Å². The van der Waals surface area contributed by atoms with Crippen molar-refractivity contribution in [1.29, 1.82) is 0 Å². The molecule has 0 saturated heterocycles. The third-order valence-corrected chi connectivity index (χ3v) is 4.51. The molecule has 0 fully saturated rings. The van der Waals surface area contributed by atoms with E-state index in [1.807, 2.05) is 6.92 Å². The highest BCUT2D eigenvalue weighted by molar-refractivity contribution is 5.98. The predicted octanol–water partition coefficient (Wildman–Crippen LogP) is 2.73. The normalized spacial score (nSPS) is 11.1. The minimum Gasteiger partial charge on any atom is -0.494 e. The average Bonchev–Trinajstić information content (AvgIpc) is 3.45. The zero-order valence-corrected chi connectivity index (χ0v) is 17.8. The Morgan fingerprint density at radius 2 is 2.03 bits per heavy atom. The zero-order chi connectivity index (χ0) is 24.1. The highest BCUT2D eigenvalue weighted by Gasteiger charge is 2.25. The van der Waals surface area contributed by atoms with Crippen LogP contribution in [0.5, 0.6) is 5.75 Å². The number of carbonyl (C=O) groups is 1. The standard InChI is InChI=1S/C21H18F2N8O3/c1-2-9-33-15-7-4-12(5-8-15)18-17(26-30-31(18)20-19(24)28-34-29-20)21(32)27-25-11-13-3-6-14(22)10-16(13)23/h3-8,10-11H,2,9H2,1H3,(H2,24,28)(H,27,32)/b25-11-. The van der Waals surface area contributed by atoms with Crippen LogP contribution in [0.1, 0.15) is 29.4 Å². The van der Waals surface area contributed by atoms with Gasteiger partial charge < -0.3 is 10.5 Å². The number of ether oxygens (including phenoxy) is 1. The Hall–Kier alpha value is -4.68. The van der Waals surface area contributed by atoms with Gasteiger partial charge in [0.15, 0.2) is 5.69 Å². The predicted molar refractivity (Wildman–Crippen MR) is 116 cm³/mol. The van der Waals surface area contributed by atoms with Crippen molar-refractivity contribution in [3.05, 3.63) is 65.4 Å². The number of nitrogens with two attached hydrogens (primary N) is 1. The molecule has 2 aromatic carbocycles. The number of hydrazone groups is 1. The molecule has 0 bridgehead atoms. The maximum atomic E-state index is 13.8. The van der Waals surface area contributed by atoms with E-state index in [2.05, 4.69) is 35.8 Å². The molecule has 4 aromatic rings.